The summed E-state index contributed by atoms with van der Waals surface area (Å²) >= 11 is 0. The third-order valence-electron chi connectivity index (χ3n) is 5.98. The Bertz CT molecular complexity index is 1150. The van der Waals surface area contributed by atoms with Gasteiger partial charge in [0.1, 0.15) is 0 Å². The van der Waals surface area contributed by atoms with Gasteiger partial charge in [-0.15, -0.1) is 0 Å². The highest BCUT2D eigenvalue weighted by Crippen LogP contribution is 2.22. The van der Waals surface area contributed by atoms with Gasteiger partial charge in [-0.1, -0.05) is 30.3 Å². The third kappa shape index (κ3) is 11.6. The van der Waals surface area contributed by atoms with E-state index in [4.69, 9.17) is 24.8 Å². The molecule has 226 valence electrons. The molecule has 0 radical (unpaired) electrons. The Kier molecular flexibility index (Phi) is 11.9. The minimum Gasteiger partial charge on any atom is -0.475 e. The number of aryl methyl sites for hydroxylation is 1. The molecule has 2 aromatic rings. The lowest BCUT2D eigenvalue weighted by molar-refractivity contribution is -0.193. The van der Waals surface area contributed by atoms with Gasteiger partial charge in [-0.05, 0) is 37.4 Å². The maximum atomic E-state index is 12.3. The molecule has 4 rings (SSSR count). The van der Waals surface area contributed by atoms with Crippen molar-refractivity contribution in [1.29, 1.82) is 0 Å². The number of carboxylic acids is 2. The number of rotatable bonds is 4. The molecule has 3 N–H and O–H groups in total. The van der Waals surface area contributed by atoms with E-state index in [2.05, 4.69) is 27.1 Å². The smallest absolute Gasteiger partial charge is 0.475 e. The molecule has 1 aromatic heterocycles. The standard InChI is InChI=1S/C21H27N5O.2C2HF3O2/c1-25-9-11-26(12-10-25)21-22-15-17-14-18(7-8-19(17)24-21)23-20(27)13-16-5-3-2-4-6-16;2*3-2(4,5)1(6)7/h2-6,15,18H,7-14H2,1H3,(H,23,27);2*(H,6,7). The fourth-order valence-corrected chi connectivity index (χ4v) is 3.84. The molecule has 10 nitrogen and oxygen atoms in total. The molecular formula is C25H29F6N5O5. The number of likely N-dealkylation sites (N-methyl/N-ethyl adjacent to an activating group) is 1. The molecule has 1 fully saturated rings. The summed E-state index contributed by atoms with van der Waals surface area (Å²) < 4.78 is 63.5. The van der Waals surface area contributed by atoms with Gasteiger partial charge in [0.15, 0.2) is 0 Å². The number of aliphatic carboxylic acids is 2. The van der Waals surface area contributed by atoms with Crippen LogP contribution in [0.15, 0.2) is 36.5 Å². The Morgan fingerprint density at radius 3 is 2.00 bits per heavy atom. The van der Waals surface area contributed by atoms with Crippen molar-refractivity contribution in [2.45, 2.75) is 44.1 Å². The van der Waals surface area contributed by atoms with Crippen LogP contribution in [0.5, 0.6) is 0 Å². The van der Waals surface area contributed by atoms with Gasteiger partial charge in [-0.3, -0.25) is 4.79 Å². The number of amides is 1. The van der Waals surface area contributed by atoms with Crippen molar-refractivity contribution in [1.82, 2.24) is 20.2 Å². The molecule has 41 heavy (non-hydrogen) atoms. The summed E-state index contributed by atoms with van der Waals surface area (Å²) in [6.45, 7) is 4.06. The first-order valence-electron chi connectivity index (χ1n) is 12.3. The zero-order chi connectivity index (χ0) is 30.8. The summed E-state index contributed by atoms with van der Waals surface area (Å²) in [5, 5.41) is 17.4. The SMILES string of the molecule is CN1CCN(c2ncc3c(n2)CCC(NC(=O)Cc2ccccc2)C3)CC1.O=C(O)C(F)(F)F.O=C(O)C(F)(F)F. The highest BCUT2D eigenvalue weighted by Gasteiger charge is 2.38. The Morgan fingerprint density at radius 1 is 0.951 bits per heavy atom. The molecule has 2 heterocycles. The molecule has 16 heteroatoms. The van der Waals surface area contributed by atoms with E-state index in [9.17, 15) is 31.1 Å². The van der Waals surface area contributed by atoms with Gasteiger partial charge < -0.3 is 25.3 Å². The van der Waals surface area contributed by atoms with E-state index < -0.39 is 24.3 Å². The summed E-state index contributed by atoms with van der Waals surface area (Å²) in [5.41, 5.74) is 3.36. The van der Waals surface area contributed by atoms with Crippen LogP contribution in [0.2, 0.25) is 0 Å². The van der Waals surface area contributed by atoms with Crippen LogP contribution < -0.4 is 10.2 Å². The van der Waals surface area contributed by atoms with Crippen LogP contribution in [0.1, 0.15) is 23.2 Å². The highest BCUT2D eigenvalue weighted by atomic mass is 19.4. The fourth-order valence-electron chi connectivity index (χ4n) is 3.84. The number of hydrogen-bond acceptors (Lipinski definition) is 7. The van der Waals surface area contributed by atoms with E-state index >= 15 is 0 Å². The largest absolute Gasteiger partial charge is 0.490 e. The summed E-state index contributed by atoms with van der Waals surface area (Å²) in [5.74, 6) is -4.57. The molecule has 0 saturated carbocycles. The zero-order valence-electron chi connectivity index (χ0n) is 21.9. The van der Waals surface area contributed by atoms with Crippen molar-refractivity contribution in [3.05, 3.63) is 53.3 Å². The highest BCUT2D eigenvalue weighted by molar-refractivity contribution is 5.79. The maximum Gasteiger partial charge on any atom is 0.490 e. The molecule has 1 aliphatic heterocycles. The lowest BCUT2D eigenvalue weighted by Crippen LogP contribution is -2.45. The van der Waals surface area contributed by atoms with Crippen LogP contribution in [0, 0.1) is 0 Å². The number of anilines is 1. The molecule has 2 aliphatic rings. The fraction of sp³-hybridized carbons (Fsp3) is 0.480. The van der Waals surface area contributed by atoms with Crippen molar-refractivity contribution in [3.8, 4) is 0 Å². The van der Waals surface area contributed by atoms with Crippen molar-refractivity contribution in [2.24, 2.45) is 0 Å². The summed E-state index contributed by atoms with van der Waals surface area (Å²) in [6, 6.07) is 10.1. The lowest BCUT2D eigenvalue weighted by atomic mass is 9.92. The van der Waals surface area contributed by atoms with Crippen LogP contribution >= 0.6 is 0 Å². The van der Waals surface area contributed by atoms with Crippen molar-refractivity contribution < 1.29 is 50.9 Å². The summed E-state index contributed by atoms with van der Waals surface area (Å²) in [4.78, 5) is 44.2. The monoisotopic (exact) mass is 593 g/mol. The van der Waals surface area contributed by atoms with Crippen LogP contribution in [0.3, 0.4) is 0 Å². The first kappa shape index (κ1) is 33.3. The first-order valence-corrected chi connectivity index (χ1v) is 12.3. The number of carboxylic acid groups (broad SMARTS) is 2. The molecule has 0 bridgehead atoms. The van der Waals surface area contributed by atoms with Crippen LogP contribution in [-0.2, 0) is 33.6 Å². The molecule has 0 spiro atoms. The van der Waals surface area contributed by atoms with E-state index in [0.717, 1.165) is 62.6 Å². The van der Waals surface area contributed by atoms with Crippen LogP contribution in [-0.4, -0.2) is 94.5 Å². The van der Waals surface area contributed by atoms with Gasteiger partial charge in [-0.2, -0.15) is 26.3 Å². The second-order valence-corrected chi connectivity index (χ2v) is 9.21. The molecule has 1 atom stereocenters. The summed E-state index contributed by atoms with van der Waals surface area (Å²) in [6.07, 6.45) is -5.12. The minimum absolute atomic E-state index is 0.0876. The third-order valence-corrected chi connectivity index (χ3v) is 5.98. The number of halogens is 6. The van der Waals surface area contributed by atoms with Gasteiger partial charge in [0.05, 0.1) is 6.42 Å². The molecule has 1 saturated heterocycles. The number of benzene rings is 1. The van der Waals surface area contributed by atoms with Crippen LogP contribution in [0.4, 0.5) is 32.3 Å². The number of alkyl halides is 6. The Balaban J connectivity index is 0.000000349. The predicted molar refractivity (Wildman–Crippen MR) is 133 cm³/mol. The van der Waals surface area contributed by atoms with Gasteiger partial charge in [0.2, 0.25) is 11.9 Å². The van der Waals surface area contributed by atoms with Crippen molar-refractivity contribution in [2.75, 3.05) is 38.1 Å². The maximum absolute atomic E-state index is 12.3. The number of nitrogens with zero attached hydrogens (tertiary/aromatic N) is 4. The van der Waals surface area contributed by atoms with Crippen LogP contribution in [0.25, 0.3) is 0 Å². The number of aromatic nitrogens is 2. The van der Waals surface area contributed by atoms with E-state index in [1.54, 1.807) is 0 Å². The molecule has 1 amide bonds. The summed E-state index contributed by atoms with van der Waals surface area (Å²) in [7, 11) is 2.15. The van der Waals surface area contributed by atoms with E-state index in [0.29, 0.717) is 6.42 Å². The number of fused-ring (bicyclic) bond motifs is 1. The topological polar surface area (TPSA) is 136 Å². The normalized spacial score (nSPS) is 17.1. The van der Waals surface area contributed by atoms with Crippen molar-refractivity contribution >= 4 is 23.8 Å². The molecule has 1 unspecified atom stereocenters. The van der Waals surface area contributed by atoms with E-state index in [-0.39, 0.29) is 11.9 Å². The Morgan fingerprint density at radius 2 is 1.49 bits per heavy atom. The molecule has 1 aromatic carbocycles. The average molecular weight is 594 g/mol. The van der Waals surface area contributed by atoms with Gasteiger partial charge in [-0.25, -0.2) is 19.6 Å². The van der Waals surface area contributed by atoms with Gasteiger partial charge in [0, 0.05) is 44.1 Å². The van der Waals surface area contributed by atoms with E-state index in [1.807, 2.05) is 36.5 Å². The van der Waals surface area contributed by atoms with Gasteiger partial charge in [0.25, 0.3) is 0 Å². The lowest BCUT2D eigenvalue weighted by Gasteiger charge is -2.33. The number of carbonyl (C=O) groups is 3. The Labute approximate surface area is 231 Å². The minimum atomic E-state index is -5.08. The zero-order valence-corrected chi connectivity index (χ0v) is 21.9. The second kappa shape index (κ2) is 14.6. The predicted octanol–water partition coefficient (Wildman–Crippen LogP) is 2.71. The second-order valence-electron chi connectivity index (χ2n) is 9.21. The number of hydrogen-bond donors (Lipinski definition) is 3. The Hall–Kier alpha value is -3.95. The quantitative estimate of drug-likeness (QED) is 0.458. The van der Waals surface area contributed by atoms with Crippen molar-refractivity contribution in [3.63, 3.8) is 0 Å². The number of piperazine rings is 1. The van der Waals surface area contributed by atoms with E-state index in [1.165, 1.54) is 5.56 Å². The molecule has 1 aliphatic carbocycles. The average Bonchev–Trinajstić information content (AvgIpc) is 2.89. The first-order chi connectivity index (χ1) is 19.1. The van der Waals surface area contributed by atoms with Gasteiger partial charge >= 0.3 is 24.3 Å². The molecular weight excluding hydrogens is 564 g/mol. The number of carbonyl (C=O) groups excluding carboxylic acids is 1. The number of nitrogens with one attached hydrogen (secondary N) is 1.